The first-order chi connectivity index (χ1) is 7.81. The van der Waals surface area contributed by atoms with Crippen LogP contribution in [-0.4, -0.2) is 31.7 Å². The number of hydrogen-bond acceptors (Lipinski definition) is 5. The zero-order valence-corrected chi connectivity index (χ0v) is 9.19. The normalized spacial score (nSPS) is 16.5. The van der Waals surface area contributed by atoms with Crippen molar-refractivity contribution in [2.24, 2.45) is 5.16 Å². The Morgan fingerprint density at radius 3 is 2.75 bits per heavy atom. The van der Waals surface area contributed by atoms with Gasteiger partial charge in [-0.25, -0.2) is 0 Å². The number of ether oxygens (including phenoxy) is 3. The fourth-order valence-electron chi connectivity index (χ4n) is 1.76. The molecule has 0 fully saturated rings. The predicted molar refractivity (Wildman–Crippen MR) is 58.0 cm³/mol. The lowest BCUT2D eigenvalue weighted by atomic mass is 10.0. The topological polar surface area (TPSA) is 60.3 Å². The van der Waals surface area contributed by atoms with E-state index >= 15 is 0 Å². The average molecular weight is 223 g/mol. The van der Waals surface area contributed by atoms with E-state index in [1.165, 1.54) is 0 Å². The van der Waals surface area contributed by atoms with Gasteiger partial charge in [-0.2, -0.15) is 0 Å². The van der Waals surface area contributed by atoms with Crippen LogP contribution in [0.3, 0.4) is 0 Å². The summed E-state index contributed by atoms with van der Waals surface area (Å²) < 4.78 is 15.9. The molecule has 1 aliphatic rings. The molecule has 0 amide bonds. The second-order valence-electron chi connectivity index (χ2n) is 3.32. The molecular formula is C11H13NO4. The van der Waals surface area contributed by atoms with Crippen LogP contribution in [0.1, 0.15) is 12.0 Å². The van der Waals surface area contributed by atoms with E-state index in [-0.39, 0.29) is 0 Å². The summed E-state index contributed by atoms with van der Waals surface area (Å²) in [5.74, 6) is 1.70. The molecule has 5 heteroatoms. The Hall–Kier alpha value is -1.91. The Labute approximate surface area is 93.2 Å². The molecular weight excluding hydrogens is 210 g/mol. The minimum atomic E-state index is 0.468. The molecule has 0 saturated heterocycles. The zero-order chi connectivity index (χ0) is 11.5. The molecule has 2 rings (SSSR count). The third-order valence-electron chi connectivity index (χ3n) is 2.52. The monoisotopic (exact) mass is 223 g/mol. The van der Waals surface area contributed by atoms with Gasteiger partial charge in [0.25, 0.3) is 0 Å². The number of hydrogen-bond donors (Lipinski definition) is 1. The van der Waals surface area contributed by atoms with Gasteiger partial charge < -0.3 is 19.4 Å². The summed E-state index contributed by atoms with van der Waals surface area (Å²) in [6.45, 7) is 0.468. The smallest absolute Gasteiger partial charge is 0.203 e. The number of fused-ring (bicyclic) bond motifs is 1. The summed E-state index contributed by atoms with van der Waals surface area (Å²) >= 11 is 0. The molecule has 0 bridgehead atoms. The number of rotatable bonds is 2. The Balaban J connectivity index is 2.59. The summed E-state index contributed by atoms with van der Waals surface area (Å²) in [6, 6.07) is 3.56. The SMILES string of the molecule is COc1ccc2c(c1OC)OCC/C2=N\O. The predicted octanol–water partition coefficient (Wildman–Crippen LogP) is 1.66. The van der Waals surface area contributed by atoms with Crippen molar-refractivity contribution in [3.63, 3.8) is 0 Å². The Morgan fingerprint density at radius 2 is 2.12 bits per heavy atom. The van der Waals surface area contributed by atoms with Crippen LogP contribution in [0.25, 0.3) is 0 Å². The van der Waals surface area contributed by atoms with E-state index in [2.05, 4.69) is 5.16 Å². The molecule has 0 saturated carbocycles. The van der Waals surface area contributed by atoms with Crippen LogP contribution in [0.4, 0.5) is 0 Å². The van der Waals surface area contributed by atoms with Gasteiger partial charge in [0, 0.05) is 12.0 Å². The van der Waals surface area contributed by atoms with Crippen molar-refractivity contribution >= 4 is 5.71 Å². The first-order valence-corrected chi connectivity index (χ1v) is 4.91. The molecule has 0 radical (unpaired) electrons. The van der Waals surface area contributed by atoms with Gasteiger partial charge in [-0.1, -0.05) is 5.16 Å². The first-order valence-electron chi connectivity index (χ1n) is 4.91. The maximum Gasteiger partial charge on any atom is 0.203 e. The molecule has 1 heterocycles. The Bertz CT molecular complexity index is 428. The lowest BCUT2D eigenvalue weighted by molar-refractivity contribution is 0.277. The molecule has 1 N–H and O–H groups in total. The van der Waals surface area contributed by atoms with Crippen molar-refractivity contribution < 1.29 is 19.4 Å². The van der Waals surface area contributed by atoms with Gasteiger partial charge in [0.05, 0.1) is 26.5 Å². The van der Waals surface area contributed by atoms with E-state index in [4.69, 9.17) is 19.4 Å². The number of benzene rings is 1. The second-order valence-corrected chi connectivity index (χ2v) is 3.32. The number of methoxy groups -OCH3 is 2. The van der Waals surface area contributed by atoms with Gasteiger partial charge in [-0.3, -0.25) is 0 Å². The highest BCUT2D eigenvalue weighted by Gasteiger charge is 2.23. The zero-order valence-electron chi connectivity index (χ0n) is 9.19. The standard InChI is InChI=1S/C11H13NO4/c1-14-9-4-3-7-8(12-13)5-6-16-10(7)11(9)15-2/h3-4,13H,5-6H2,1-2H3/b12-8+. The average Bonchev–Trinajstić information content (AvgIpc) is 2.36. The summed E-state index contributed by atoms with van der Waals surface area (Å²) in [5.41, 5.74) is 1.34. The van der Waals surface area contributed by atoms with Crippen LogP contribution in [0.5, 0.6) is 17.2 Å². The highest BCUT2D eigenvalue weighted by Crippen LogP contribution is 2.42. The van der Waals surface area contributed by atoms with Crippen molar-refractivity contribution in [1.29, 1.82) is 0 Å². The van der Waals surface area contributed by atoms with Crippen LogP contribution in [0, 0.1) is 0 Å². The fourth-order valence-corrected chi connectivity index (χ4v) is 1.76. The molecule has 1 aromatic carbocycles. The lowest BCUT2D eigenvalue weighted by Gasteiger charge is -2.21. The molecule has 1 aromatic rings. The van der Waals surface area contributed by atoms with Crippen LogP contribution in [0.15, 0.2) is 17.3 Å². The largest absolute Gasteiger partial charge is 0.493 e. The van der Waals surface area contributed by atoms with Gasteiger partial charge in [-0.05, 0) is 12.1 Å². The van der Waals surface area contributed by atoms with E-state index in [0.29, 0.717) is 36.0 Å². The van der Waals surface area contributed by atoms with Gasteiger partial charge >= 0.3 is 0 Å². The maximum absolute atomic E-state index is 8.89. The van der Waals surface area contributed by atoms with Crippen molar-refractivity contribution in [2.45, 2.75) is 6.42 Å². The third-order valence-corrected chi connectivity index (χ3v) is 2.52. The van der Waals surface area contributed by atoms with Crippen LogP contribution in [0.2, 0.25) is 0 Å². The Morgan fingerprint density at radius 1 is 1.31 bits per heavy atom. The van der Waals surface area contributed by atoms with Gasteiger partial charge in [-0.15, -0.1) is 0 Å². The van der Waals surface area contributed by atoms with Crippen molar-refractivity contribution in [3.05, 3.63) is 17.7 Å². The molecule has 0 atom stereocenters. The molecule has 86 valence electrons. The van der Waals surface area contributed by atoms with Crippen LogP contribution < -0.4 is 14.2 Å². The van der Waals surface area contributed by atoms with Crippen LogP contribution >= 0.6 is 0 Å². The van der Waals surface area contributed by atoms with Gasteiger partial charge in [0.2, 0.25) is 5.75 Å². The van der Waals surface area contributed by atoms with Crippen LogP contribution in [-0.2, 0) is 0 Å². The van der Waals surface area contributed by atoms with E-state index in [1.807, 2.05) is 0 Å². The van der Waals surface area contributed by atoms with Crippen molar-refractivity contribution in [3.8, 4) is 17.2 Å². The maximum atomic E-state index is 8.89. The lowest BCUT2D eigenvalue weighted by Crippen LogP contribution is -2.17. The van der Waals surface area contributed by atoms with E-state index < -0.39 is 0 Å². The molecule has 0 spiro atoms. The summed E-state index contributed by atoms with van der Waals surface area (Å²) in [5, 5.41) is 12.1. The summed E-state index contributed by atoms with van der Waals surface area (Å²) in [6.07, 6.45) is 0.582. The van der Waals surface area contributed by atoms with E-state index in [0.717, 1.165) is 5.56 Å². The minimum Gasteiger partial charge on any atom is -0.493 e. The highest BCUT2D eigenvalue weighted by atomic mass is 16.5. The number of nitrogens with zero attached hydrogens (tertiary/aromatic N) is 1. The third kappa shape index (κ3) is 1.54. The molecule has 0 aromatic heterocycles. The summed E-state index contributed by atoms with van der Waals surface area (Å²) in [4.78, 5) is 0. The quantitative estimate of drug-likeness (QED) is 0.612. The molecule has 0 unspecified atom stereocenters. The Kier molecular flexibility index (Phi) is 2.85. The van der Waals surface area contributed by atoms with E-state index in [1.54, 1.807) is 26.4 Å². The number of oxime groups is 1. The second kappa shape index (κ2) is 4.30. The van der Waals surface area contributed by atoms with Gasteiger partial charge in [0.15, 0.2) is 11.5 Å². The molecule has 1 aliphatic heterocycles. The minimum absolute atomic E-state index is 0.468. The van der Waals surface area contributed by atoms with Crippen molar-refractivity contribution in [1.82, 2.24) is 0 Å². The van der Waals surface area contributed by atoms with Gasteiger partial charge in [0.1, 0.15) is 0 Å². The highest BCUT2D eigenvalue weighted by molar-refractivity contribution is 6.04. The molecule has 5 nitrogen and oxygen atoms in total. The first kappa shape index (κ1) is 10.6. The fraction of sp³-hybridized carbons (Fsp3) is 0.364. The molecule has 16 heavy (non-hydrogen) atoms. The summed E-state index contributed by atoms with van der Waals surface area (Å²) in [7, 11) is 3.11. The van der Waals surface area contributed by atoms with E-state index in [9.17, 15) is 0 Å². The molecule has 0 aliphatic carbocycles. The van der Waals surface area contributed by atoms with Crippen molar-refractivity contribution in [2.75, 3.05) is 20.8 Å².